The van der Waals surface area contributed by atoms with Gasteiger partial charge in [-0.05, 0) is 48.4 Å². The molecule has 0 aliphatic heterocycles. The molecule has 4 rings (SSSR count). The van der Waals surface area contributed by atoms with Crippen LogP contribution >= 0.6 is 0 Å². The van der Waals surface area contributed by atoms with E-state index in [9.17, 15) is 9.59 Å². The Labute approximate surface area is 180 Å². The molecule has 1 heterocycles. The minimum absolute atomic E-state index is 0.0693. The quantitative estimate of drug-likeness (QED) is 0.415. The summed E-state index contributed by atoms with van der Waals surface area (Å²) in [6.45, 7) is 4.22. The third-order valence-corrected chi connectivity index (χ3v) is 5.01. The van der Waals surface area contributed by atoms with Gasteiger partial charge >= 0.3 is 6.03 Å². The van der Waals surface area contributed by atoms with Crippen LogP contribution in [0.2, 0.25) is 0 Å². The fourth-order valence-electron chi connectivity index (χ4n) is 3.58. The second-order valence-corrected chi connectivity index (χ2v) is 7.82. The summed E-state index contributed by atoms with van der Waals surface area (Å²) in [7, 11) is 0. The van der Waals surface area contributed by atoms with E-state index in [1.54, 1.807) is 6.26 Å². The molecule has 3 N–H and O–H groups in total. The average molecular weight is 415 g/mol. The summed E-state index contributed by atoms with van der Waals surface area (Å²) in [5, 5.41) is 11.7. The Morgan fingerprint density at radius 2 is 1.74 bits per heavy atom. The van der Waals surface area contributed by atoms with E-state index in [-0.39, 0.29) is 24.4 Å². The number of benzene rings is 3. The summed E-state index contributed by atoms with van der Waals surface area (Å²) in [6.07, 6.45) is 1.91. The molecule has 0 radical (unpaired) electrons. The van der Waals surface area contributed by atoms with Crippen molar-refractivity contribution in [3.63, 3.8) is 0 Å². The number of amides is 3. The van der Waals surface area contributed by atoms with Crippen molar-refractivity contribution in [2.24, 2.45) is 0 Å². The van der Waals surface area contributed by atoms with Gasteiger partial charge in [0, 0.05) is 29.2 Å². The first kappa shape index (κ1) is 20.5. The SMILES string of the molecule is CC(C)NC(=O)Nc1ccc(CNC(=O)Cc2coc3ccc4ccccc4c23)cc1. The Kier molecular flexibility index (Phi) is 5.89. The molecule has 0 unspecified atom stereocenters. The number of hydrogen-bond acceptors (Lipinski definition) is 3. The summed E-state index contributed by atoms with van der Waals surface area (Å²) in [5.74, 6) is -0.0749. The Balaban J connectivity index is 1.38. The summed E-state index contributed by atoms with van der Waals surface area (Å²) in [5.41, 5.74) is 3.31. The average Bonchev–Trinajstić information content (AvgIpc) is 3.16. The monoisotopic (exact) mass is 415 g/mol. The first-order valence-electron chi connectivity index (χ1n) is 10.3. The highest BCUT2D eigenvalue weighted by atomic mass is 16.3. The fraction of sp³-hybridized carbons (Fsp3) is 0.200. The van der Waals surface area contributed by atoms with Gasteiger partial charge in [0.15, 0.2) is 0 Å². The summed E-state index contributed by atoms with van der Waals surface area (Å²) in [6, 6.07) is 19.3. The zero-order valence-electron chi connectivity index (χ0n) is 17.6. The smallest absolute Gasteiger partial charge is 0.319 e. The van der Waals surface area contributed by atoms with E-state index in [0.29, 0.717) is 12.2 Å². The van der Waals surface area contributed by atoms with Crippen molar-refractivity contribution >= 4 is 39.4 Å². The van der Waals surface area contributed by atoms with E-state index >= 15 is 0 Å². The van der Waals surface area contributed by atoms with E-state index in [2.05, 4.69) is 22.0 Å². The lowest BCUT2D eigenvalue weighted by Crippen LogP contribution is -2.34. The molecule has 0 saturated carbocycles. The van der Waals surface area contributed by atoms with Crippen LogP contribution in [0.1, 0.15) is 25.0 Å². The second kappa shape index (κ2) is 8.92. The standard InChI is InChI=1S/C25H25N3O3/c1-16(2)27-25(30)28-20-10-7-17(8-11-20)14-26-23(29)13-19-15-31-22-12-9-18-5-3-4-6-21(18)24(19)22/h3-12,15-16H,13-14H2,1-2H3,(H,26,29)(H2,27,28,30). The second-order valence-electron chi connectivity index (χ2n) is 7.82. The molecule has 0 aliphatic carbocycles. The van der Waals surface area contributed by atoms with Crippen molar-refractivity contribution in [1.29, 1.82) is 0 Å². The Hall–Kier alpha value is -3.80. The van der Waals surface area contributed by atoms with Crippen molar-refractivity contribution in [3.05, 3.63) is 78.1 Å². The Morgan fingerprint density at radius 3 is 2.52 bits per heavy atom. The molecular weight excluding hydrogens is 390 g/mol. The van der Waals surface area contributed by atoms with Crippen LogP contribution in [0.4, 0.5) is 10.5 Å². The third-order valence-electron chi connectivity index (χ3n) is 5.01. The maximum atomic E-state index is 12.6. The van der Waals surface area contributed by atoms with Crippen LogP contribution in [0.25, 0.3) is 21.7 Å². The minimum Gasteiger partial charge on any atom is -0.464 e. The number of nitrogens with one attached hydrogen (secondary N) is 3. The minimum atomic E-state index is -0.240. The number of carbonyl (C=O) groups excluding carboxylic acids is 2. The van der Waals surface area contributed by atoms with E-state index in [0.717, 1.165) is 32.9 Å². The van der Waals surface area contributed by atoms with Gasteiger partial charge in [0.05, 0.1) is 12.7 Å². The molecule has 31 heavy (non-hydrogen) atoms. The highest BCUT2D eigenvalue weighted by molar-refractivity contribution is 6.08. The van der Waals surface area contributed by atoms with Gasteiger partial charge in [-0.3, -0.25) is 4.79 Å². The molecule has 0 bridgehead atoms. The number of furan rings is 1. The molecule has 158 valence electrons. The van der Waals surface area contributed by atoms with Crippen LogP contribution in [0.5, 0.6) is 0 Å². The van der Waals surface area contributed by atoms with Gasteiger partial charge in [-0.25, -0.2) is 4.79 Å². The molecule has 0 saturated heterocycles. The van der Waals surface area contributed by atoms with Gasteiger partial charge in [0.1, 0.15) is 5.58 Å². The summed E-state index contributed by atoms with van der Waals surface area (Å²) < 4.78 is 5.67. The van der Waals surface area contributed by atoms with Crippen molar-refractivity contribution in [3.8, 4) is 0 Å². The lowest BCUT2D eigenvalue weighted by atomic mass is 10.0. The van der Waals surface area contributed by atoms with Crippen molar-refractivity contribution < 1.29 is 14.0 Å². The van der Waals surface area contributed by atoms with Crippen LogP contribution in [-0.2, 0) is 17.8 Å². The predicted octanol–water partition coefficient (Wildman–Crippen LogP) is 4.97. The molecule has 4 aromatic rings. The van der Waals surface area contributed by atoms with Gasteiger partial charge in [0.2, 0.25) is 5.91 Å². The largest absolute Gasteiger partial charge is 0.464 e. The molecule has 0 aliphatic rings. The van der Waals surface area contributed by atoms with Crippen molar-refractivity contribution in [2.45, 2.75) is 32.9 Å². The van der Waals surface area contributed by atoms with Gasteiger partial charge in [0.25, 0.3) is 0 Å². The van der Waals surface area contributed by atoms with Crippen LogP contribution in [0.3, 0.4) is 0 Å². The highest BCUT2D eigenvalue weighted by Gasteiger charge is 2.13. The molecule has 1 aromatic heterocycles. The van der Waals surface area contributed by atoms with Crippen LogP contribution < -0.4 is 16.0 Å². The number of hydrogen-bond donors (Lipinski definition) is 3. The molecule has 3 amide bonds. The number of rotatable bonds is 6. The molecule has 6 nitrogen and oxygen atoms in total. The van der Waals surface area contributed by atoms with Crippen LogP contribution in [0.15, 0.2) is 71.3 Å². The lowest BCUT2D eigenvalue weighted by Gasteiger charge is -2.11. The van der Waals surface area contributed by atoms with E-state index in [4.69, 9.17) is 4.42 Å². The van der Waals surface area contributed by atoms with Gasteiger partial charge in [-0.2, -0.15) is 0 Å². The van der Waals surface area contributed by atoms with Gasteiger partial charge in [-0.15, -0.1) is 0 Å². The Morgan fingerprint density at radius 1 is 0.968 bits per heavy atom. The van der Waals surface area contributed by atoms with Crippen LogP contribution in [0, 0.1) is 0 Å². The molecule has 0 spiro atoms. The molecular formula is C25H25N3O3. The summed E-state index contributed by atoms with van der Waals surface area (Å²) in [4.78, 5) is 24.3. The summed E-state index contributed by atoms with van der Waals surface area (Å²) >= 11 is 0. The fourth-order valence-corrected chi connectivity index (χ4v) is 3.58. The maximum absolute atomic E-state index is 12.6. The lowest BCUT2D eigenvalue weighted by molar-refractivity contribution is -0.120. The molecule has 6 heteroatoms. The third kappa shape index (κ3) is 4.86. The van der Waals surface area contributed by atoms with Gasteiger partial charge < -0.3 is 20.4 Å². The van der Waals surface area contributed by atoms with E-state index in [1.165, 1.54) is 0 Å². The predicted molar refractivity (Wildman–Crippen MR) is 123 cm³/mol. The van der Waals surface area contributed by atoms with Crippen LogP contribution in [-0.4, -0.2) is 18.0 Å². The van der Waals surface area contributed by atoms with Crippen molar-refractivity contribution in [1.82, 2.24) is 10.6 Å². The first-order chi connectivity index (χ1) is 15.0. The van der Waals surface area contributed by atoms with Gasteiger partial charge in [-0.1, -0.05) is 42.5 Å². The number of anilines is 1. The van der Waals surface area contributed by atoms with E-state index in [1.807, 2.05) is 68.4 Å². The molecule has 0 atom stereocenters. The normalized spacial score (nSPS) is 11.1. The zero-order chi connectivity index (χ0) is 21.8. The zero-order valence-corrected chi connectivity index (χ0v) is 17.6. The number of carbonyl (C=O) groups is 2. The Bertz CT molecular complexity index is 1230. The molecule has 3 aromatic carbocycles. The first-order valence-corrected chi connectivity index (χ1v) is 10.3. The molecule has 0 fully saturated rings. The van der Waals surface area contributed by atoms with E-state index < -0.39 is 0 Å². The number of urea groups is 1. The maximum Gasteiger partial charge on any atom is 0.319 e. The topological polar surface area (TPSA) is 83.4 Å². The number of fused-ring (bicyclic) bond motifs is 3. The van der Waals surface area contributed by atoms with Crippen molar-refractivity contribution in [2.75, 3.05) is 5.32 Å². The highest BCUT2D eigenvalue weighted by Crippen LogP contribution is 2.30.